The maximum absolute atomic E-state index is 5.07. The number of nitrogens with zero attached hydrogens (tertiary/aromatic N) is 6. The summed E-state index contributed by atoms with van der Waals surface area (Å²) in [7, 11) is 0. The monoisotopic (exact) mass is 622 g/mol. The molecule has 0 aliphatic heterocycles. The number of hydrogen-bond acceptors (Lipinski definition) is 8. The van der Waals surface area contributed by atoms with Gasteiger partial charge in [-0.15, -0.1) is 0 Å². The zero-order chi connectivity index (χ0) is 28.4. The number of pyridine rings is 2. The summed E-state index contributed by atoms with van der Waals surface area (Å²) in [4.78, 5) is 16.8. The van der Waals surface area contributed by atoms with E-state index >= 15 is 0 Å². The van der Waals surface area contributed by atoms with Gasteiger partial charge in [0, 0.05) is 36.6 Å². The van der Waals surface area contributed by atoms with Crippen LogP contribution in [0.4, 0.5) is 0 Å². The van der Waals surface area contributed by atoms with Crippen LogP contribution in [0.15, 0.2) is 130 Å². The second-order valence-corrected chi connectivity index (χ2v) is 8.64. The number of aromatic nitrogens is 2. The molecule has 0 unspecified atom stereocenters. The SMILES string of the molecule is CCN=C([S-])N/N=C(/c1ccccc1)c1ccccn1.CCN=C([S-])N/N=C(/c1ccccc1)c1ccccn1.[Fe+2]. The Morgan fingerprint density at radius 2 is 0.951 bits per heavy atom. The maximum Gasteiger partial charge on any atom is 2.00 e. The van der Waals surface area contributed by atoms with Crippen LogP contribution in [0.2, 0.25) is 0 Å². The summed E-state index contributed by atoms with van der Waals surface area (Å²) < 4.78 is 0. The molecule has 2 heterocycles. The quantitative estimate of drug-likeness (QED) is 0.0973. The average molecular weight is 623 g/mol. The van der Waals surface area contributed by atoms with Crippen molar-refractivity contribution in [3.63, 3.8) is 0 Å². The van der Waals surface area contributed by atoms with E-state index in [-0.39, 0.29) is 17.1 Å². The number of hydrazone groups is 2. The van der Waals surface area contributed by atoms with Gasteiger partial charge >= 0.3 is 17.1 Å². The molecule has 0 saturated heterocycles. The minimum Gasteiger partial charge on any atom is -0.741 e. The van der Waals surface area contributed by atoms with Gasteiger partial charge in [0.1, 0.15) is 11.4 Å². The number of benzene rings is 2. The molecule has 2 aromatic heterocycles. The molecule has 0 spiro atoms. The first-order valence-corrected chi connectivity index (χ1v) is 13.5. The zero-order valence-corrected chi connectivity index (χ0v) is 25.4. The van der Waals surface area contributed by atoms with Gasteiger partial charge in [0.05, 0.1) is 11.4 Å². The third kappa shape index (κ3) is 11.5. The molecule has 4 rings (SSSR count). The molecule has 4 aromatic rings. The zero-order valence-electron chi connectivity index (χ0n) is 22.7. The van der Waals surface area contributed by atoms with Gasteiger partial charge in [0.15, 0.2) is 0 Å². The Hall–Kier alpha value is -4.02. The van der Waals surface area contributed by atoms with Crippen LogP contribution in [-0.2, 0) is 42.3 Å². The van der Waals surface area contributed by atoms with Crippen molar-refractivity contribution in [2.45, 2.75) is 13.8 Å². The van der Waals surface area contributed by atoms with E-state index in [1.165, 1.54) is 0 Å². The smallest absolute Gasteiger partial charge is 0.741 e. The molecule has 2 aromatic carbocycles. The Morgan fingerprint density at radius 3 is 1.27 bits per heavy atom. The van der Waals surface area contributed by atoms with Crippen LogP contribution in [-0.4, -0.2) is 44.8 Å². The molecule has 0 bridgehead atoms. The standard InChI is InChI=1S/2C15H16N4S.Fe/c2*1-2-16-15(20)19-18-14(12-8-4-3-5-9-12)13-10-6-7-11-17-13;/h2*3-11H,2H2,1H3,(H2,16,19,20);/q;;+2/p-2/b2*18-14-;. The number of aliphatic imine (C=N–C) groups is 2. The predicted molar refractivity (Wildman–Crippen MR) is 170 cm³/mol. The molecule has 0 amide bonds. The first-order chi connectivity index (χ1) is 19.6. The average Bonchev–Trinajstić information content (AvgIpc) is 3.00. The molecule has 11 heteroatoms. The molecular weight excluding hydrogens is 592 g/mol. The largest absolute Gasteiger partial charge is 2.00 e. The van der Waals surface area contributed by atoms with Crippen molar-refractivity contribution in [3.05, 3.63) is 132 Å². The molecule has 41 heavy (non-hydrogen) atoms. The van der Waals surface area contributed by atoms with E-state index in [1.54, 1.807) is 12.4 Å². The maximum atomic E-state index is 5.07. The molecule has 8 nitrogen and oxygen atoms in total. The first kappa shape index (κ1) is 33.2. The molecule has 210 valence electrons. The summed E-state index contributed by atoms with van der Waals surface area (Å²) in [6.45, 7) is 5.11. The van der Waals surface area contributed by atoms with Gasteiger partial charge in [-0.2, -0.15) is 10.2 Å². The second-order valence-electron chi connectivity index (χ2n) is 7.87. The molecule has 0 aliphatic rings. The van der Waals surface area contributed by atoms with Crippen LogP contribution in [0.3, 0.4) is 0 Å². The van der Waals surface area contributed by atoms with Gasteiger partial charge in [-0.05, 0) is 48.4 Å². The van der Waals surface area contributed by atoms with Gasteiger partial charge in [-0.1, -0.05) is 72.8 Å². The minimum absolute atomic E-state index is 0. The van der Waals surface area contributed by atoms with Crippen LogP contribution in [0.1, 0.15) is 36.4 Å². The fourth-order valence-corrected chi connectivity index (χ4v) is 3.65. The van der Waals surface area contributed by atoms with Crippen molar-refractivity contribution in [1.82, 2.24) is 20.8 Å². The summed E-state index contributed by atoms with van der Waals surface area (Å²) >= 11 is 10.1. The van der Waals surface area contributed by atoms with Crippen molar-refractivity contribution < 1.29 is 17.1 Å². The second kappa shape index (κ2) is 19.1. The first-order valence-electron chi connectivity index (χ1n) is 12.7. The Bertz CT molecular complexity index is 1220. The normalized spacial score (nSPS) is 12.0. The van der Waals surface area contributed by atoms with E-state index in [1.807, 2.05) is 111 Å². The van der Waals surface area contributed by atoms with E-state index in [0.717, 1.165) is 33.9 Å². The minimum atomic E-state index is 0. The number of rotatable bonds is 8. The summed E-state index contributed by atoms with van der Waals surface area (Å²) in [5.41, 5.74) is 10.6. The fraction of sp³-hybridized carbons (Fsp3) is 0.133. The molecule has 0 radical (unpaired) electrons. The van der Waals surface area contributed by atoms with Gasteiger partial charge in [-0.25, -0.2) is 0 Å². The predicted octanol–water partition coefficient (Wildman–Crippen LogP) is 4.69. The summed E-state index contributed by atoms with van der Waals surface area (Å²) in [6.07, 6.45) is 3.48. The van der Waals surface area contributed by atoms with Crippen LogP contribution in [0.25, 0.3) is 0 Å². The Labute approximate surface area is 262 Å². The van der Waals surface area contributed by atoms with Crippen molar-refractivity contribution in [3.8, 4) is 0 Å². The van der Waals surface area contributed by atoms with Gasteiger partial charge in [-0.3, -0.25) is 30.8 Å². The van der Waals surface area contributed by atoms with Gasteiger partial charge in [0.25, 0.3) is 0 Å². The van der Waals surface area contributed by atoms with Crippen LogP contribution >= 0.6 is 0 Å². The number of amidine groups is 2. The Kier molecular flexibility index (Phi) is 15.5. The van der Waals surface area contributed by atoms with Crippen molar-refractivity contribution in [2.75, 3.05) is 13.1 Å². The van der Waals surface area contributed by atoms with E-state index in [4.69, 9.17) is 25.3 Å². The van der Waals surface area contributed by atoms with Crippen molar-refractivity contribution >= 4 is 47.0 Å². The third-order valence-corrected chi connectivity index (χ3v) is 5.48. The van der Waals surface area contributed by atoms with Gasteiger partial charge < -0.3 is 25.3 Å². The van der Waals surface area contributed by atoms with E-state index < -0.39 is 0 Å². The van der Waals surface area contributed by atoms with Gasteiger partial charge in [0.2, 0.25) is 0 Å². The van der Waals surface area contributed by atoms with Crippen molar-refractivity contribution in [1.29, 1.82) is 0 Å². The summed E-state index contributed by atoms with van der Waals surface area (Å²) in [6, 6.07) is 31.1. The molecular formula is C30H30FeN8S2. The Balaban J connectivity index is 0.000000280. The van der Waals surface area contributed by atoms with Crippen LogP contribution in [0, 0.1) is 0 Å². The molecule has 0 fully saturated rings. The van der Waals surface area contributed by atoms with Crippen LogP contribution in [0.5, 0.6) is 0 Å². The van der Waals surface area contributed by atoms with E-state index in [0.29, 0.717) is 23.4 Å². The summed E-state index contributed by atoms with van der Waals surface area (Å²) in [5, 5.41) is 9.45. The number of nitrogens with one attached hydrogen (secondary N) is 2. The Morgan fingerprint density at radius 1 is 0.585 bits per heavy atom. The molecule has 2 N–H and O–H groups in total. The topological polar surface area (TPSA) is 99.3 Å². The van der Waals surface area contributed by atoms with Crippen molar-refractivity contribution in [2.24, 2.45) is 20.2 Å². The summed E-state index contributed by atoms with van der Waals surface area (Å²) in [5.74, 6) is 0. The molecule has 0 saturated carbocycles. The van der Waals surface area contributed by atoms with E-state index in [9.17, 15) is 0 Å². The molecule has 0 atom stereocenters. The number of hydrogen-bond donors (Lipinski definition) is 2. The third-order valence-electron chi connectivity index (χ3n) is 5.04. The fourth-order valence-electron chi connectivity index (χ4n) is 3.30. The van der Waals surface area contributed by atoms with Crippen LogP contribution < -0.4 is 10.9 Å². The van der Waals surface area contributed by atoms with E-state index in [2.05, 4.69) is 41.0 Å². The molecule has 0 aliphatic carbocycles.